The van der Waals surface area contributed by atoms with E-state index in [4.69, 9.17) is 21.7 Å². The zero-order chi connectivity index (χ0) is 24.0. The van der Waals surface area contributed by atoms with Crippen molar-refractivity contribution in [1.82, 2.24) is 0 Å². The van der Waals surface area contributed by atoms with E-state index in [1.807, 2.05) is 32.9 Å². The highest BCUT2D eigenvalue weighted by atomic mass is 32.2. The largest absolute Gasteiger partial charge is 0.497 e. The van der Waals surface area contributed by atoms with Crippen LogP contribution in [0.15, 0.2) is 65.6 Å². The third kappa shape index (κ3) is 6.59. The van der Waals surface area contributed by atoms with Gasteiger partial charge in [0.15, 0.2) is 5.11 Å². The lowest BCUT2D eigenvalue weighted by Gasteiger charge is -2.17. The van der Waals surface area contributed by atoms with Gasteiger partial charge >= 0.3 is 0 Å². The Labute approximate surface area is 200 Å². The fourth-order valence-corrected chi connectivity index (χ4v) is 4.75. The summed E-state index contributed by atoms with van der Waals surface area (Å²) in [4.78, 5) is 0.000285. The maximum Gasteiger partial charge on any atom is 0.264 e. The molecule has 174 valence electrons. The second-order valence-corrected chi connectivity index (χ2v) is 9.44. The molecule has 33 heavy (non-hydrogen) atoms. The van der Waals surface area contributed by atoms with Crippen molar-refractivity contribution in [3.63, 3.8) is 0 Å². The zero-order valence-electron chi connectivity index (χ0n) is 18.9. The van der Waals surface area contributed by atoms with Crippen LogP contribution in [0.1, 0.15) is 18.1 Å². The summed E-state index contributed by atoms with van der Waals surface area (Å²) in [6.45, 7) is 6.40. The molecule has 0 aliphatic rings. The molecule has 7 nitrogen and oxygen atoms in total. The molecule has 3 aromatic rings. The van der Waals surface area contributed by atoms with Crippen LogP contribution in [0.2, 0.25) is 0 Å². The van der Waals surface area contributed by atoms with Crippen molar-refractivity contribution in [1.29, 1.82) is 0 Å². The van der Waals surface area contributed by atoms with Crippen molar-refractivity contribution >= 4 is 44.4 Å². The predicted molar refractivity (Wildman–Crippen MR) is 137 cm³/mol. The van der Waals surface area contributed by atoms with Gasteiger partial charge in [-0.15, -0.1) is 0 Å². The molecule has 0 radical (unpaired) electrons. The number of nitrogens with one attached hydrogen (secondary N) is 3. The molecule has 0 heterocycles. The van der Waals surface area contributed by atoms with Crippen LogP contribution in [-0.4, -0.2) is 27.2 Å². The molecule has 9 heteroatoms. The topological polar surface area (TPSA) is 88.7 Å². The highest BCUT2D eigenvalue weighted by Gasteiger charge is 2.21. The monoisotopic (exact) mass is 485 g/mol. The zero-order valence-corrected chi connectivity index (χ0v) is 20.6. The van der Waals surface area contributed by atoms with E-state index in [2.05, 4.69) is 21.4 Å². The maximum absolute atomic E-state index is 13.2. The average molecular weight is 486 g/mol. The van der Waals surface area contributed by atoms with Crippen LogP contribution >= 0.6 is 12.2 Å². The molecule has 0 aromatic heterocycles. The molecule has 0 unspecified atom stereocenters. The minimum Gasteiger partial charge on any atom is -0.497 e. The van der Waals surface area contributed by atoms with Crippen LogP contribution in [0.25, 0.3) is 0 Å². The molecule has 3 aromatic carbocycles. The van der Waals surface area contributed by atoms with E-state index in [1.165, 1.54) is 13.2 Å². The Bertz CT molecular complexity index is 1220. The summed E-state index contributed by atoms with van der Waals surface area (Å²) >= 11 is 5.43. The standard InChI is InChI=1S/C24H27N3O4S2/c1-5-31-20-8-6-18(7-9-20)27-33(28,29)23-15-21(30-4)10-11-22(23)26-24(32)25-19-13-16(2)12-17(3)14-19/h6-15,27H,5H2,1-4H3,(H2,25,26,32). The fraction of sp³-hybridized carbons (Fsp3) is 0.208. The van der Waals surface area contributed by atoms with Gasteiger partial charge in [0, 0.05) is 17.4 Å². The molecule has 0 fully saturated rings. The molecular formula is C24H27N3O4S2. The Morgan fingerprint density at radius 2 is 1.52 bits per heavy atom. The Balaban J connectivity index is 1.85. The van der Waals surface area contributed by atoms with Crippen LogP contribution in [0.3, 0.4) is 0 Å². The molecule has 3 N–H and O–H groups in total. The second kappa shape index (κ2) is 10.5. The lowest BCUT2D eigenvalue weighted by molar-refractivity contribution is 0.340. The minimum atomic E-state index is -3.95. The van der Waals surface area contributed by atoms with Gasteiger partial charge in [-0.25, -0.2) is 8.42 Å². The number of anilines is 3. The number of aryl methyl sites for hydroxylation is 2. The van der Waals surface area contributed by atoms with E-state index >= 15 is 0 Å². The van der Waals surface area contributed by atoms with Gasteiger partial charge < -0.3 is 20.1 Å². The number of hydrogen-bond donors (Lipinski definition) is 3. The van der Waals surface area contributed by atoms with Gasteiger partial charge in [0.1, 0.15) is 16.4 Å². The van der Waals surface area contributed by atoms with Gasteiger partial charge in [-0.05, 0) is 92.6 Å². The number of benzene rings is 3. The van der Waals surface area contributed by atoms with Gasteiger partial charge in [0.25, 0.3) is 10.0 Å². The quantitative estimate of drug-likeness (QED) is 0.372. The molecule has 0 saturated heterocycles. The van der Waals surface area contributed by atoms with E-state index in [9.17, 15) is 8.42 Å². The van der Waals surface area contributed by atoms with E-state index < -0.39 is 10.0 Å². The van der Waals surface area contributed by atoms with Crippen molar-refractivity contribution in [2.45, 2.75) is 25.7 Å². The van der Waals surface area contributed by atoms with Crippen LogP contribution in [0.5, 0.6) is 11.5 Å². The van der Waals surface area contributed by atoms with Gasteiger partial charge in [-0.1, -0.05) is 6.07 Å². The summed E-state index contributed by atoms with van der Waals surface area (Å²) in [7, 11) is -2.48. The molecule has 0 bridgehead atoms. The molecular weight excluding hydrogens is 458 g/mol. The summed E-state index contributed by atoms with van der Waals surface area (Å²) in [5, 5.41) is 6.37. The van der Waals surface area contributed by atoms with Gasteiger partial charge in [-0.2, -0.15) is 0 Å². The minimum absolute atomic E-state index is 0.000285. The summed E-state index contributed by atoms with van der Waals surface area (Å²) < 4.78 is 39.7. The molecule has 0 aliphatic carbocycles. The lowest BCUT2D eigenvalue weighted by atomic mass is 10.1. The van der Waals surface area contributed by atoms with E-state index in [0.717, 1.165) is 16.8 Å². The Morgan fingerprint density at radius 3 is 2.12 bits per heavy atom. The first-order valence-electron chi connectivity index (χ1n) is 10.3. The van der Waals surface area contributed by atoms with E-state index in [-0.39, 0.29) is 10.0 Å². The number of hydrogen-bond acceptors (Lipinski definition) is 5. The van der Waals surface area contributed by atoms with Gasteiger partial charge in [0.2, 0.25) is 0 Å². The second-order valence-electron chi connectivity index (χ2n) is 7.38. The Morgan fingerprint density at radius 1 is 0.879 bits per heavy atom. The third-order valence-electron chi connectivity index (χ3n) is 4.62. The van der Waals surface area contributed by atoms with E-state index in [0.29, 0.717) is 29.5 Å². The van der Waals surface area contributed by atoms with Crippen molar-refractivity contribution in [3.05, 3.63) is 71.8 Å². The van der Waals surface area contributed by atoms with Crippen molar-refractivity contribution < 1.29 is 17.9 Å². The molecule has 3 rings (SSSR count). The fourth-order valence-electron chi connectivity index (χ4n) is 3.28. The average Bonchev–Trinajstić information content (AvgIpc) is 2.74. The molecule has 0 saturated carbocycles. The Hall–Kier alpha value is -3.30. The van der Waals surface area contributed by atoms with Crippen LogP contribution in [-0.2, 0) is 10.0 Å². The summed E-state index contributed by atoms with van der Waals surface area (Å²) in [5.74, 6) is 1.06. The van der Waals surface area contributed by atoms with Crippen LogP contribution in [0, 0.1) is 13.8 Å². The number of thiocarbonyl (C=S) groups is 1. The third-order valence-corrected chi connectivity index (χ3v) is 6.25. The first kappa shape index (κ1) is 24.3. The normalized spacial score (nSPS) is 10.9. The predicted octanol–water partition coefficient (Wildman–Crippen LogP) is 5.32. The van der Waals surface area contributed by atoms with Crippen molar-refractivity contribution in [2.24, 2.45) is 0 Å². The van der Waals surface area contributed by atoms with Gasteiger partial charge in [-0.3, -0.25) is 4.72 Å². The molecule has 0 amide bonds. The SMILES string of the molecule is CCOc1ccc(NS(=O)(=O)c2cc(OC)ccc2NC(=S)Nc2cc(C)cc(C)c2)cc1. The summed E-state index contributed by atoms with van der Waals surface area (Å²) in [5.41, 5.74) is 3.72. The van der Waals surface area contributed by atoms with Crippen LogP contribution < -0.4 is 24.8 Å². The number of sulfonamides is 1. The van der Waals surface area contributed by atoms with Crippen molar-refractivity contribution in [2.75, 3.05) is 29.1 Å². The van der Waals surface area contributed by atoms with E-state index in [1.54, 1.807) is 36.4 Å². The van der Waals surface area contributed by atoms with Crippen molar-refractivity contribution in [3.8, 4) is 11.5 Å². The molecule has 0 spiro atoms. The molecule has 0 aliphatic heterocycles. The van der Waals surface area contributed by atoms with Crippen LogP contribution in [0.4, 0.5) is 17.1 Å². The highest BCUT2D eigenvalue weighted by molar-refractivity contribution is 7.93. The first-order valence-corrected chi connectivity index (χ1v) is 12.2. The molecule has 0 atom stereocenters. The number of methoxy groups -OCH3 is 1. The number of rotatable bonds is 8. The lowest BCUT2D eigenvalue weighted by Crippen LogP contribution is -2.22. The van der Waals surface area contributed by atoms with Gasteiger partial charge in [0.05, 0.1) is 19.4 Å². The first-order chi connectivity index (χ1) is 15.7. The Kier molecular flexibility index (Phi) is 7.78. The number of ether oxygens (including phenoxy) is 2. The highest BCUT2D eigenvalue weighted by Crippen LogP contribution is 2.29. The smallest absolute Gasteiger partial charge is 0.264 e. The summed E-state index contributed by atoms with van der Waals surface area (Å²) in [6.07, 6.45) is 0. The summed E-state index contributed by atoms with van der Waals surface area (Å²) in [6, 6.07) is 17.4. The maximum atomic E-state index is 13.2.